The maximum atomic E-state index is 12.0. The minimum atomic E-state index is -4.49. The summed E-state index contributed by atoms with van der Waals surface area (Å²) in [6.07, 6.45) is -3.73. The maximum absolute atomic E-state index is 12.0. The van der Waals surface area contributed by atoms with Gasteiger partial charge in [-0.2, -0.15) is 12.6 Å². The summed E-state index contributed by atoms with van der Waals surface area (Å²) in [5.41, 5.74) is 3.39. The quantitative estimate of drug-likeness (QED) is 0.554. The highest BCUT2D eigenvalue weighted by atomic mass is 32.2. The monoisotopic (exact) mass is 290 g/mol. The largest absolute Gasteiger partial charge is 0.419 e. The van der Waals surface area contributed by atoms with E-state index in [1.807, 2.05) is 6.92 Å². The van der Waals surface area contributed by atoms with E-state index in [0.717, 1.165) is 16.7 Å². The van der Waals surface area contributed by atoms with Crippen molar-refractivity contribution >= 4 is 10.1 Å². The van der Waals surface area contributed by atoms with Gasteiger partial charge in [-0.3, -0.25) is 0 Å². The molecule has 0 unspecified atom stereocenters. The number of hydrogen-bond acceptors (Lipinski definition) is 6. The van der Waals surface area contributed by atoms with Crippen LogP contribution in [-0.2, 0) is 14.3 Å². The third-order valence-corrected chi connectivity index (χ3v) is 4.96. The highest BCUT2D eigenvalue weighted by Gasteiger charge is 2.33. The number of rotatable bonds is 3. The molecule has 1 aromatic carbocycles. The van der Waals surface area contributed by atoms with Gasteiger partial charge in [-0.05, 0) is 62.4 Å². The maximum Gasteiger partial charge on any atom is 0.419 e. The van der Waals surface area contributed by atoms with Gasteiger partial charge >= 0.3 is 16.3 Å². The van der Waals surface area contributed by atoms with Gasteiger partial charge in [-0.25, -0.2) is 0 Å². The van der Waals surface area contributed by atoms with Crippen molar-refractivity contribution in [1.29, 1.82) is 0 Å². The van der Waals surface area contributed by atoms with E-state index >= 15 is 0 Å². The van der Waals surface area contributed by atoms with Gasteiger partial charge in [0.15, 0.2) is 0 Å². The molecule has 19 heavy (non-hydrogen) atoms. The Labute approximate surface area is 112 Å². The number of aliphatic hydroxyl groups is 3. The third-order valence-electron chi connectivity index (χ3n) is 3.40. The van der Waals surface area contributed by atoms with Crippen LogP contribution in [0.4, 0.5) is 0 Å². The molecule has 0 aliphatic rings. The summed E-state index contributed by atoms with van der Waals surface area (Å²) in [6.45, 7) is 8.59. The molecule has 1 aromatic rings. The molecule has 3 N–H and O–H groups in total. The van der Waals surface area contributed by atoms with Gasteiger partial charge in [0.05, 0.1) is 0 Å². The molecule has 0 bridgehead atoms. The minimum absolute atomic E-state index is 0.158. The van der Waals surface area contributed by atoms with E-state index in [1.54, 1.807) is 27.7 Å². The van der Waals surface area contributed by atoms with Crippen molar-refractivity contribution in [2.75, 3.05) is 0 Å². The normalized spacial score (nSPS) is 12.8. The molecule has 0 spiro atoms. The van der Waals surface area contributed by atoms with Crippen LogP contribution in [0, 0.1) is 34.6 Å². The van der Waals surface area contributed by atoms with Crippen molar-refractivity contribution in [1.82, 2.24) is 0 Å². The lowest BCUT2D eigenvalue weighted by Crippen LogP contribution is -2.34. The van der Waals surface area contributed by atoms with Gasteiger partial charge in [-0.1, -0.05) is 0 Å². The Hall–Kier alpha value is -0.990. The first-order chi connectivity index (χ1) is 8.38. The summed E-state index contributed by atoms with van der Waals surface area (Å²) in [5.74, 6) is 0. The Bertz CT molecular complexity index is 581. The lowest BCUT2D eigenvalue weighted by Gasteiger charge is -2.20. The first-order valence-corrected chi connectivity index (χ1v) is 6.99. The summed E-state index contributed by atoms with van der Waals surface area (Å²) in [6, 6.07) is 0. The highest BCUT2D eigenvalue weighted by Crippen LogP contribution is 2.31. The van der Waals surface area contributed by atoms with Crippen molar-refractivity contribution in [2.24, 2.45) is 0 Å². The zero-order valence-electron chi connectivity index (χ0n) is 11.5. The van der Waals surface area contributed by atoms with Gasteiger partial charge < -0.3 is 15.3 Å². The van der Waals surface area contributed by atoms with Crippen LogP contribution in [0.15, 0.2) is 4.90 Å². The van der Waals surface area contributed by atoms with Crippen molar-refractivity contribution in [3.8, 4) is 0 Å². The first-order valence-electron chi connectivity index (χ1n) is 5.58. The Morgan fingerprint density at radius 2 is 1.11 bits per heavy atom. The molecule has 0 radical (unpaired) electrons. The predicted octanol–water partition coefficient (Wildman–Crippen LogP) is 0.522. The second kappa shape index (κ2) is 4.84. The second-order valence-corrected chi connectivity index (χ2v) is 6.05. The van der Waals surface area contributed by atoms with E-state index in [2.05, 4.69) is 4.18 Å². The topological polar surface area (TPSA) is 104 Å². The van der Waals surface area contributed by atoms with Crippen LogP contribution < -0.4 is 0 Å². The lowest BCUT2D eigenvalue weighted by molar-refractivity contribution is -0.418. The molecule has 0 aliphatic carbocycles. The van der Waals surface area contributed by atoms with Gasteiger partial charge in [0.25, 0.3) is 0 Å². The molecule has 108 valence electrons. The Kier molecular flexibility index (Phi) is 4.09. The molecule has 0 fully saturated rings. The highest BCUT2D eigenvalue weighted by molar-refractivity contribution is 7.86. The fourth-order valence-corrected chi connectivity index (χ4v) is 3.46. The lowest BCUT2D eigenvalue weighted by atomic mass is 9.95. The molecule has 0 atom stereocenters. The summed E-state index contributed by atoms with van der Waals surface area (Å²) in [5, 5.41) is 26.1. The van der Waals surface area contributed by atoms with Crippen LogP contribution >= 0.6 is 0 Å². The Morgan fingerprint density at radius 3 is 1.42 bits per heavy atom. The average molecular weight is 290 g/mol. The molecular formula is C12H18O6S. The van der Waals surface area contributed by atoms with Crippen molar-refractivity contribution in [3.05, 3.63) is 27.8 Å². The van der Waals surface area contributed by atoms with Gasteiger partial charge in [-0.15, -0.1) is 0 Å². The number of hydrogen-bond donors (Lipinski definition) is 3. The van der Waals surface area contributed by atoms with Crippen molar-refractivity contribution < 1.29 is 27.9 Å². The fraction of sp³-hybridized carbons (Fsp3) is 0.500. The van der Waals surface area contributed by atoms with Crippen LogP contribution in [0.2, 0.25) is 0 Å². The van der Waals surface area contributed by atoms with E-state index in [4.69, 9.17) is 15.3 Å². The van der Waals surface area contributed by atoms with Crippen LogP contribution in [-0.4, -0.2) is 29.9 Å². The molecule has 0 amide bonds. The summed E-state index contributed by atoms with van der Waals surface area (Å²) < 4.78 is 28.0. The number of benzene rings is 1. The average Bonchev–Trinajstić information content (AvgIpc) is 2.20. The SMILES string of the molecule is Cc1c(C)c(C)c(S(=O)(=O)OC(O)(O)O)c(C)c1C. The molecular weight excluding hydrogens is 272 g/mol. The standard InChI is InChI=1S/C12H18O6S/c1-6-7(2)9(4)11(10(5)8(6)3)19(16,17)18-12(13,14)15/h13-15H,1-5H3. The summed E-state index contributed by atoms with van der Waals surface area (Å²) in [4.78, 5) is -0.158. The summed E-state index contributed by atoms with van der Waals surface area (Å²) in [7, 11) is -4.49. The predicted molar refractivity (Wildman–Crippen MR) is 67.8 cm³/mol. The van der Waals surface area contributed by atoms with E-state index in [9.17, 15) is 8.42 Å². The fourth-order valence-electron chi connectivity index (χ4n) is 2.03. The zero-order valence-corrected chi connectivity index (χ0v) is 12.3. The zero-order chi connectivity index (χ0) is 15.2. The van der Waals surface area contributed by atoms with E-state index in [-0.39, 0.29) is 4.90 Å². The Morgan fingerprint density at radius 1 is 0.789 bits per heavy atom. The molecule has 0 aliphatic heterocycles. The van der Waals surface area contributed by atoms with E-state index in [0.29, 0.717) is 11.1 Å². The molecule has 7 heteroatoms. The molecule has 0 saturated carbocycles. The van der Waals surface area contributed by atoms with Gasteiger partial charge in [0, 0.05) is 0 Å². The van der Waals surface area contributed by atoms with Gasteiger partial charge in [0.2, 0.25) is 0 Å². The molecule has 0 heterocycles. The van der Waals surface area contributed by atoms with Crippen LogP contribution in [0.25, 0.3) is 0 Å². The third kappa shape index (κ3) is 3.13. The van der Waals surface area contributed by atoms with Crippen LogP contribution in [0.3, 0.4) is 0 Å². The molecule has 0 saturated heterocycles. The molecule has 1 rings (SSSR count). The van der Waals surface area contributed by atoms with E-state index in [1.165, 1.54) is 0 Å². The Balaban J connectivity index is 3.61. The first kappa shape index (κ1) is 16.1. The van der Waals surface area contributed by atoms with Gasteiger partial charge in [0.1, 0.15) is 4.90 Å². The van der Waals surface area contributed by atoms with Crippen LogP contribution in [0.1, 0.15) is 27.8 Å². The summed E-state index contributed by atoms with van der Waals surface area (Å²) >= 11 is 0. The van der Waals surface area contributed by atoms with E-state index < -0.39 is 16.3 Å². The smallest absolute Gasteiger partial charge is 0.318 e. The molecule has 0 aromatic heterocycles. The molecule has 6 nitrogen and oxygen atoms in total. The van der Waals surface area contributed by atoms with Crippen molar-refractivity contribution in [2.45, 2.75) is 45.7 Å². The van der Waals surface area contributed by atoms with Crippen molar-refractivity contribution in [3.63, 3.8) is 0 Å². The van der Waals surface area contributed by atoms with Crippen LogP contribution in [0.5, 0.6) is 0 Å². The minimum Gasteiger partial charge on any atom is -0.318 e. The second-order valence-electron chi connectivity index (χ2n) is 4.57.